The number of hydrogen-bond acceptors (Lipinski definition) is 3. The Morgan fingerprint density at radius 2 is 2.00 bits per heavy atom. The second-order valence-corrected chi connectivity index (χ2v) is 4.59. The Hall–Kier alpha value is -1.10. The van der Waals surface area contributed by atoms with Crippen molar-refractivity contribution in [3.05, 3.63) is 0 Å². The van der Waals surface area contributed by atoms with Gasteiger partial charge in [0.05, 0.1) is 17.4 Å². The molecule has 2 aliphatic carbocycles. The molecule has 0 saturated heterocycles. The lowest BCUT2D eigenvalue weighted by atomic mass is 9.97. The number of carboxylic acids is 2. The van der Waals surface area contributed by atoms with E-state index in [-0.39, 0.29) is 5.92 Å². The van der Waals surface area contributed by atoms with Crippen LogP contribution < -0.4 is 0 Å². The predicted octanol–water partition coefficient (Wildman–Crippen LogP) is 0.977. The largest absolute Gasteiger partial charge is 0.481 e. The third-order valence-corrected chi connectivity index (χ3v) is 3.79. The van der Waals surface area contributed by atoms with Crippen LogP contribution in [-0.4, -0.2) is 34.4 Å². The van der Waals surface area contributed by atoms with Crippen LogP contribution in [0.3, 0.4) is 0 Å². The van der Waals surface area contributed by atoms with Gasteiger partial charge in [-0.3, -0.25) is 9.59 Å². The van der Waals surface area contributed by atoms with Crippen LogP contribution in [0.2, 0.25) is 0 Å². The van der Waals surface area contributed by atoms with E-state index in [1.54, 1.807) is 0 Å². The third-order valence-electron chi connectivity index (χ3n) is 3.79. The summed E-state index contributed by atoms with van der Waals surface area (Å²) in [7, 11) is 0. The highest BCUT2D eigenvalue weighted by atomic mass is 16.5. The molecule has 2 fully saturated rings. The van der Waals surface area contributed by atoms with Crippen molar-refractivity contribution < 1.29 is 24.5 Å². The maximum absolute atomic E-state index is 11.1. The van der Waals surface area contributed by atoms with E-state index in [0.717, 1.165) is 6.42 Å². The van der Waals surface area contributed by atoms with Gasteiger partial charge in [0.2, 0.25) is 0 Å². The molecule has 0 aliphatic heterocycles. The SMILES string of the molecule is CCCO[C@]12[C@H](CC[C@H]1C(=O)O)[C@H]2C(=O)O. The number of carbonyl (C=O) groups is 2. The smallest absolute Gasteiger partial charge is 0.309 e. The first kappa shape index (κ1) is 11.4. The van der Waals surface area contributed by atoms with Gasteiger partial charge < -0.3 is 14.9 Å². The van der Waals surface area contributed by atoms with Crippen LogP contribution in [0.5, 0.6) is 0 Å². The monoisotopic (exact) mass is 228 g/mol. The summed E-state index contributed by atoms with van der Waals surface area (Å²) in [5.41, 5.74) is -0.909. The van der Waals surface area contributed by atoms with E-state index in [0.29, 0.717) is 19.4 Å². The molecule has 0 aromatic rings. The van der Waals surface area contributed by atoms with Gasteiger partial charge in [-0.25, -0.2) is 0 Å². The molecule has 0 spiro atoms. The zero-order valence-electron chi connectivity index (χ0n) is 9.18. The molecule has 0 unspecified atom stereocenters. The number of rotatable bonds is 5. The highest BCUT2D eigenvalue weighted by Gasteiger charge is 2.77. The molecule has 0 aromatic carbocycles. The molecule has 2 aliphatic rings. The first-order valence-electron chi connectivity index (χ1n) is 5.65. The Balaban J connectivity index is 2.19. The third kappa shape index (κ3) is 1.34. The number of fused-ring (bicyclic) bond motifs is 1. The minimum Gasteiger partial charge on any atom is -0.481 e. The number of aliphatic carboxylic acids is 2. The summed E-state index contributed by atoms with van der Waals surface area (Å²) < 4.78 is 5.60. The Labute approximate surface area is 93.4 Å². The molecule has 16 heavy (non-hydrogen) atoms. The second-order valence-electron chi connectivity index (χ2n) is 4.59. The van der Waals surface area contributed by atoms with Crippen molar-refractivity contribution in [1.29, 1.82) is 0 Å². The normalized spacial score (nSPS) is 40.4. The highest BCUT2D eigenvalue weighted by Crippen LogP contribution is 2.66. The lowest BCUT2D eigenvalue weighted by molar-refractivity contribution is -0.152. The van der Waals surface area contributed by atoms with Crippen molar-refractivity contribution in [1.82, 2.24) is 0 Å². The van der Waals surface area contributed by atoms with Gasteiger partial charge in [0, 0.05) is 12.5 Å². The van der Waals surface area contributed by atoms with Crippen LogP contribution in [0.4, 0.5) is 0 Å². The van der Waals surface area contributed by atoms with E-state index in [4.69, 9.17) is 14.9 Å². The van der Waals surface area contributed by atoms with Crippen LogP contribution in [-0.2, 0) is 14.3 Å². The molecule has 0 aromatic heterocycles. The van der Waals surface area contributed by atoms with Gasteiger partial charge in [0.1, 0.15) is 0 Å². The van der Waals surface area contributed by atoms with E-state index >= 15 is 0 Å². The summed E-state index contributed by atoms with van der Waals surface area (Å²) >= 11 is 0. The molecule has 2 saturated carbocycles. The van der Waals surface area contributed by atoms with Gasteiger partial charge in [-0.1, -0.05) is 6.92 Å². The van der Waals surface area contributed by atoms with Gasteiger partial charge in [-0.2, -0.15) is 0 Å². The van der Waals surface area contributed by atoms with Crippen molar-refractivity contribution >= 4 is 11.9 Å². The molecule has 2 N–H and O–H groups in total. The van der Waals surface area contributed by atoms with E-state index in [2.05, 4.69) is 0 Å². The number of carboxylic acid groups (broad SMARTS) is 2. The van der Waals surface area contributed by atoms with Gasteiger partial charge in [0.25, 0.3) is 0 Å². The Bertz CT molecular complexity index is 326. The fourth-order valence-corrected chi connectivity index (χ4v) is 3.15. The molecular weight excluding hydrogens is 212 g/mol. The van der Waals surface area contributed by atoms with E-state index in [1.807, 2.05) is 6.92 Å². The molecule has 0 bridgehead atoms. The second kappa shape index (κ2) is 3.73. The molecular formula is C11H16O5. The van der Waals surface area contributed by atoms with Crippen LogP contribution in [0.15, 0.2) is 0 Å². The molecule has 2 rings (SSSR count). The van der Waals surface area contributed by atoms with E-state index < -0.39 is 29.4 Å². The molecule has 5 nitrogen and oxygen atoms in total. The lowest BCUT2D eigenvalue weighted by Crippen LogP contribution is -2.34. The van der Waals surface area contributed by atoms with Crippen molar-refractivity contribution in [3.8, 4) is 0 Å². The zero-order valence-corrected chi connectivity index (χ0v) is 9.18. The van der Waals surface area contributed by atoms with Crippen LogP contribution >= 0.6 is 0 Å². The average molecular weight is 228 g/mol. The van der Waals surface area contributed by atoms with Gasteiger partial charge in [-0.15, -0.1) is 0 Å². The Morgan fingerprint density at radius 3 is 2.44 bits per heavy atom. The maximum atomic E-state index is 11.1. The fourth-order valence-electron chi connectivity index (χ4n) is 3.15. The molecule has 0 radical (unpaired) electrons. The molecule has 0 heterocycles. The Kier molecular flexibility index (Phi) is 2.66. The van der Waals surface area contributed by atoms with Crippen molar-refractivity contribution in [2.45, 2.75) is 31.8 Å². The molecule has 0 amide bonds. The van der Waals surface area contributed by atoms with Gasteiger partial charge >= 0.3 is 11.9 Å². The first-order chi connectivity index (χ1) is 7.55. The predicted molar refractivity (Wildman–Crippen MR) is 53.9 cm³/mol. The summed E-state index contributed by atoms with van der Waals surface area (Å²) in [6.45, 7) is 2.36. The Morgan fingerprint density at radius 1 is 1.31 bits per heavy atom. The summed E-state index contributed by atoms with van der Waals surface area (Å²) in [5, 5.41) is 18.2. The molecule has 90 valence electrons. The lowest BCUT2D eigenvalue weighted by Gasteiger charge is -2.21. The van der Waals surface area contributed by atoms with E-state index in [9.17, 15) is 9.59 Å². The number of ether oxygens (including phenoxy) is 1. The van der Waals surface area contributed by atoms with Gasteiger partial charge in [-0.05, 0) is 19.3 Å². The number of hydrogen-bond donors (Lipinski definition) is 2. The van der Waals surface area contributed by atoms with Crippen molar-refractivity contribution in [2.24, 2.45) is 17.8 Å². The molecule has 5 heteroatoms. The van der Waals surface area contributed by atoms with Crippen LogP contribution in [0.1, 0.15) is 26.2 Å². The van der Waals surface area contributed by atoms with Crippen LogP contribution in [0.25, 0.3) is 0 Å². The van der Waals surface area contributed by atoms with E-state index in [1.165, 1.54) is 0 Å². The summed E-state index contributed by atoms with van der Waals surface area (Å²) in [6.07, 6.45) is 1.96. The highest BCUT2D eigenvalue weighted by molar-refractivity contribution is 5.82. The minimum absolute atomic E-state index is 0.0994. The average Bonchev–Trinajstić information content (AvgIpc) is 2.71. The summed E-state index contributed by atoms with van der Waals surface area (Å²) in [4.78, 5) is 22.1. The quantitative estimate of drug-likeness (QED) is 0.732. The summed E-state index contributed by atoms with van der Waals surface area (Å²) in [6, 6.07) is 0. The van der Waals surface area contributed by atoms with Crippen molar-refractivity contribution in [2.75, 3.05) is 6.61 Å². The van der Waals surface area contributed by atoms with Crippen molar-refractivity contribution in [3.63, 3.8) is 0 Å². The fraction of sp³-hybridized carbons (Fsp3) is 0.818. The van der Waals surface area contributed by atoms with Gasteiger partial charge in [0.15, 0.2) is 0 Å². The minimum atomic E-state index is -0.928. The maximum Gasteiger partial charge on any atom is 0.309 e. The zero-order chi connectivity index (χ0) is 11.9. The standard InChI is InChI=1S/C11H16O5/c1-2-5-16-11-6(8(11)10(14)15)3-4-7(11)9(12)13/h6-8H,2-5H2,1H3,(H,12,13)(H,14,15)/t6-,7+,8+,11-/m1/s1. The first-order valence-corrected chi connectivity index (χ1v) is 5.65. The van der Waals surface area contributed by atoms with Crippen LogP contribution in [0, 0.1) is 17.8 Å². The molecule has 4 atom stereocenters. The topological polar surface area (TPSA) is 83.8 Å². The summed E-state index contributed by atoms with van der Waals surface area (Å²) in [5.74, 6) is -3.22.